The highest BCUT2D eigenvalue weighted by Crippen LogP contribution is 2.18. The molecule has 0 bridgehead atoms. The first kappa shape index (κ1) is 12.8. The molecule has 1 aromatic carbocycles. The van der Waals surface area contributed by atoms with Crippen LogP contribution in [-0.2, 0) is 13.1 Å². The van der Waals surface area contributed by atoms with Crippen molar-refractivity contribution >= 4 is 11.3 Å². The summed E-state index contributed by atoms with van der Waals surface area (Å²) in [5, 5.41) is 16.1. The summed E-state index contributed by atoms with van der Waals surface area (Å²) in [6.07, 6.45) is 0. The lowest BCUT2D eigenvalue weighted by Crippen LogP contribution is -2.14. The van der Waals surface area contributed by atoms with Gasteiger partial charge >= 0.3 is 4.87 Å². The molecule has 3 rings (SSSR count). The normalized spacial score (nSPS) is 10.8. The number of benzene rings is 1. The number of aromatic amines is 2. The molecule has 0 amide bonds. The van der Waals surface area contributed by atoms with E-state index in [1.54, 1.807) is 0 Å². The van der Waals surface area contributed by atoms with Gasteiger partial charge in [-0.2, -0.15) is 15.4 Å². The second kappa shape index (κ2) is 5.81. The van der Waals surface area contributed by atoms with Crippen LogP contribution in [0, 0.1) is 0 Å². The van der Waals surface area contributed by atoms with Gasteiger partial charge in [-0.25, -0.2) is 0 Å². The number of rotatable bonds is 5. The molecule has 0 fully saturated rings. The first-order valence-electron chi connectivity index (χ1n) is 6.15. The molecule has 7 heteroatoms. The lowest BCUT2D eigenvalue weighted by molar-refractivity contribution is 0.667. The molecule has 0 aliphatic rings. The highest BCUT2D eigenvalue weighted by Gasteiger charge is 2.09. The van der Waals surface area contributed by atoms with E-state index in [1.807, 2.05) is 35.7 Å². The van der Waals surface area contributed by atoms with E-state index in [9.17, 15) is 4.79 Å². The zero-order valence-electron chi connectivity index (χ0n) is 10.6. The van der Waals surface area contributed by atoms with E-state index in [2.05, 4.69) is 25.7 Å². The quantitative estimate of drug-likeness (QED) is 0.664. The Morgan fingerprint density at radius 1 is 1.15 bits per heavy atom. The smallest absolute Gasteiger partial charge is 0.304 e. The molecule has 2 heterocycles. The molecule has 20 heavy (non-hydrogen) atoms. The Hall–Kier alpha value is -2.25. The average molecular weight is 287 g/mol. The van der Waals surface area contributed by atoms with Crippen LogP contribution in [0.15, 0.2) is 40.5 Å². The van der Waals surface area contributed by atoms with Gasteiger partial charge in [-0.05, 0) is 0 Å². The van der Waals surface area contributed by atoms with Gasteiger partial charge in [0, 0.05) is 29.7 Å². The van der Waals surface area contributed by atoms with Crippen LogP contribution in [0.25, 0.3) is 11.3 Å². The van der Waals surface area contributed by atoms with Crippen LogP contribution in [0.4, 0.5) is 0 Å². The van der Waals surface area contributed by atoms with E-state index in [0.29, 0.717) is 13.1 Å². The molecule has 2 aromatic heterocycles. The Labute approximate surface area is 118 Å². The van der Waals surface area contributed by atoms with Crippen LogP contribution in [0.3, 0.4) is 0 Å². The van der Waals surface area contributed by atoms with Crippen molar-refractivity contribution in [1.29, 1.82) is 0 Å². The number of nitrogens with zero attached hydrogens (tertiary/aromatic N) is 2. The zero-order valence-corrected chi connectivity index (χ0v) is 11.4. The summed E-state index contributed by atoms with van der Waals surface area (Å²) >= 11 is 1.17. The van der Waals surface area contributed by atoms with Gasteiger partial charge in [-0.1, -0.05) is 41.7 Å². The fourth-order valence-electron chi connectivity index (χ4n) is 1.92. The van der Waals surface area contributed by atoms with Crippen molar-refractivity contribution in [3.63, 3.8) is 0 Å². The predicted molar refractivity (Wildman–Crippen MR) is 77.3 cm³/mol. The lowest BCUT2D eigenvalue weighted by atomic mass is 10.1. The molecule has 0 unspecified atom stereocenters. The fraction of sp³-hybridized carbons (Fsp3) is 0.154. The van der Waals surface area contributed by atoms with E-state index < -0.39 is 0 Å². The van der Waals surface area contributed by atoms with E-state index >= 15 is 0 Å². The molecule has 3 aromatic rings. The van der Waals surface area contributed by atoms with Crippen molar-refractivity contribution in [1.82, 2.24) is 25.7 Å². The highest BCUT2D eigenvalue weighted by molar-refractivity contribution is 7.07. The number of nitrogens with one attached hydrogen (secondary N) is 3. The van der Waals surface area contributed by atoms with Gasteiger partial charge < -0.3 is 10.3 Å². The first-order chi connectivity index (χ1) is 9.83. The van der Waals surface area contributed by atoms with Crippen molar-refractivity contribution in [2.45, 2.75) is 13.1 Å². The van der Waals surface area contributed by atoms with E-state index in [-0.39, 0.29) is 4.87 Å². The summed E-state index contributed by atoms with van der Waals surface area (Å²) in [7, 11) is 0. The van der Waals surface area contributed by atoms with Crippen LogP contribution in [0.5, 0.6) is 0 Å². The maximum absolute atomic E-state index is 11.0. The van der Waals surface area contributed by atoms with Gasteiger partial charge in [0.25, 0.3) is 0 Å². The molecule has 3 N–H and O–H groups in total. The van der Waals surface area contributed by atoms with Crippen molar-refractivity contribution in [2.75, 3.05) is 0 Å². The Morgan fingerprint density at radius 3 is 2.75 bits per heavy atom. The van der Waals surface area contributed by atoms with Gasteiger partial charge in [-0.3, -0.25) is 4.79 Å². The minimum absolute atomic E-state index is 0.0341. The SMILES string of the molecule is O=c1[nH]c(CNCc2n[nH]nc2-c2ccccc2)cs1. The van der Waals surface area contributed by atoms with Gasteiger partial charge in [0.1, 0.15) is 11.4 Å². The van der Waals surface area contributed by atoms with Crippen LogP contribution in [-0.4, -0.2) is 20.4 Å². The van der Waals surface area contributed by atoms with E-state index in [0.717, 1.165) is 22.6 Å². The fourth-order valence-corrected chi connectivity index (χ4v) is 2.50. The number of hydrogen-bond acceptors (Lipinski definition) is 5. The lowest BCUT2D eigenvalue weighted by Gasteiger charge is -2.02. The summed E-state index contributed by atoms with van der Waals surface area (Å²) in [6.45, 7) is 1.18. The second-order valence-corrected chi connectivity index (χ2v) is 5.10. The summed E-state index contributed by atoms with van der Waals surface area (Å²) in [5.74, 6) is 0. The van der Waals surface area contributed by atoms with Gasteiger partial charge in [0.2, 0.25) is 0 Å². The number of hydrogen-bond donors (Lipinski definition) is 3. The van der Waals surface area contributed by atoms with Crippen LogP contribution >= 0.6 is 11.3 Å². The molecular weight excluding hydrogens is 274 g/mol. The standard InChI is InChI=1S/C13H13N5OS/c19-13-15-10(8-20-13)6-14-7-11-12(17-18-16-11)9-4-2-1-3-5-9/h1-5,8,14H,6-7H2,(H,15,19)(H,16,17,18). The third-order valence-corrected chi connectivity index (χ3v) is 3.56. The Bertz CT molecular complexity index is 730. The largest absolute Gasteiger partial charge is 0.315 e. The van der Waals surface area contributed by atoms with Gasteiger partial charge in [0.05, 0.1) is 0 Å². The molecule has 0 spiro atoms. The molecular formula is C13H13N5OS. The number of aromatic nitrogens is 4. The monoisotopic (exact) mass is 287 g/mol. The molecule has 0 saturated heterocycles. The van der Waals surface area contributed by atoms with Gasteiger partial charge in [-0.15, -0.1) is 0 Å². The van der Waals surface area contributed by atoms with E-state index in [1.165, 1.54) is 11.3 Å². The molecule has 0 atom stereocenters. The number of H-pyrrole nitrogens is 2. The molecule has 0 aliphatic carbocycles. The Kier molecular flexibility index (Phi) is 3.71. The molecule has 0 radical (unpaired) electrons. The van der Waals surface area contributed by atoms with Crippen molar-refractivity contribution in [2.24, 2.45) is 0 Å². The van der Waals surface area contributed by atoms with E-state index in [4.69, 9.17) is 0 Å². The Balaban J connectivity index is 1.67. The minimum atomic E-state index is -0.0341. The first-order valence-corrected chi connectivity index (χ1v) is 7.03. The highest BCUT2D eigenvalue weighted by atomic mass is 32.1. The van der Waals surface area contributed by atoms with Gasteiger partial charge in [0.15, 0.2) is 0 Å². The summed E-state index contributed by atoms with van der Waals surface area (Å²) in [4.78, 5) is 13.8. The van der Waals surface area contributed by atoms with Crippen molar-refractivity contribution < 1.29 is 0 Å². The zero-order chi connectivity index (χ0) is 13.8. The molecule has 0 saturated carbocycles. The summed E-state index contributed by atoms with van der Waals surface area (Å²) in [5.41, 5.74) is 3.61. The Morgan fingerprint density at radius 2 is 2.00 bits per heavy atom. The maximum Gasteiger partial charge on any atom is 0.304 e. The molecule has 6 nitrogen and oxygen atoms in total. The second-order valence-electron chi connectivity index (χ2n) is 4.26. The van der Waals surface area contributed by atoms with Crippen molar-refractivity contribution in [3.8, 4) is 11.3 Å². The van der Waals surface area contributed by atoms with Crippen LogP contribution < -0.4 is 10.2 Å². The van der Waals surface area contributed by atoms with Crippen LogP contribution in [0.1, 0.15) is 11.4 Å². The van der Waals surface area contributed by atoms with Crippen LogP contribution in [0.2, 0.25) is 0 Å². The molecule has 0 aliphatic heterocycles. The maximum atomic E-state index is 11.0. The molecule has 102 valence electrons. The third-order valence-electron chi connectivity index (χ3n) is 2.85. The topological polar surface area (TPSA) is 86.5 Å². The average Bonchev–Trinajstić information content (AvgIpc) is 3.09. The third kappa shape index (κ3) is 2.84. The summed E-state index contributed by atoms with van der Waals surface area (Å²) < 4.78 is 0. The van der Waals surface area contributed by atoms with Crippen molar-refractivity contribution in [3.05, 3.63) is 56.8 Å². The predicted octanol–water partition coefficient (Wildman–Crippen LogP) is 1.51. The summed E-state index contributed by atoms with van der Waals surface area (Å²) in [6, 6.07) is 9.90. The minimum Gasteiger partial charge on any atom is -0.315 e. The number of thiazole rings is 1.